The number of amides is 1. The van der Waals surface area contributed by atoms with E-state index in [0.29, 0.717) is 16.7 Å². The van der Waals surface area contributed by atoms with Gasteiger partial charge in [-0.25, -0.2) is 4.79 Å². The molecule has 0 aliphatic heterocycles. The molecule has 0 heterocycles. The van der Waals surface area contributed by atoms with Gasteiger partial charge in [0.25, 0.3) is 5.91 Å². The molecule has 0 unspecified atom stereocenters. The van der Waals surface area contributed by atoms with Crippen molar-refractivity contribution in [2.75, 3.05) is 13.7 Å². The molecule has 5 nitrogen and oxygen atoms in total. The summed E-state index contributed by atoms with van der Waals surface area (Å²) in [5.41, 5.74) is 2.43. The van der Waals surface area contributed by atoms with Crippen molar-refractivity contribution in [2.24, 2.45) is 5.92 Å². The average Bonchev–Trinajstić information content (AvgIpc) is 2.66. The number of hydrogen-bond acceptors (Lipinski definition) is 4. The Morgan fingerprint density at radius 3 is 2.36 bits per heavy atom. The standard InChI is InChI=1S/C22H26ClNO4/c1-14(2)11-16-5-7-17(8-6-16)15(3)24-21(25)13-28-22(26)19-12-18(23)9-10-20(19)27-4/h5-10,12,14-15H,11,13H2,1-4H3,(H,24,25)/t15-/m0/s1. The van der Waals surface area contributed by atoms with Gasteiger partial charge in [0.15, 0.2) is 6.61 Å². The van der Waals surface area contributed by atoms with Crippen molar-refractivity contribution in [3.63, 3.8) is 0 Å². The lowest BCUT2D eigenvalue weighted by Gasteiger charge is -2.15. The van der Waals surface area contributed by atoms with Crippen molar-refractivity contribution in [3.05, 3.63) is 64.2 Å². The number of nitrogens with one attached hydrogen (secondary N) is 1. The van der Waals surface area contributed by atoms with E-state index in [1.54, 1.807) is 12.1 Å². The SMILES string of the molecule is COc1ccc(Cl)cc1C(=O)OCC(=O)N[C@@H](C)c1ccc(CC(C)C)cc1. The zero-order valence-corrected chi connectivity index (χ0v) is 17.4. The molecule has 0 aliphatic carbocycles. The molecule has 1 amide bonds. The zero-order chi connectivity index (χ0) is 20.7. The van der Waals surface area contributed by atoms with Crippen LogP contribution in [0.5, 0.6) is 5.75 Å². The summed E-state index contributed by atoms with van der Waals surface area (Å²) in [7, 11) is 1.45. The summed E-state index contributed by atoms with van der Waals surface area (Å²) in [4.78, 5) is 24.4. The summed E-state index contributed by atoms with van der Waals surface area (Å²) in [5.74, 6) is -0.117. The summed E-state index contributed by atoms with van der Waals surface area (Å²) in [6.45, 7) is 5.86. The highest BCUT2D eigenvalue weighted by Gasteiger charge is 2.17. The minimum absolute atomic E-state index is 0.177. The molecule has 0 saturated carbocycles. The second-order valence-electron chi connectivity index (χ2n) is 7.05. The number of carbonyl (C=O) groups is 2. The van der Waals surface area contributed by atoms with Crippen LogP contribution in [0.2, 0.25) is 5.02 Å². The largest absolute Gasteiger partial charge is 0.496 e. The normalized spacial score (nSPS) is 11.8. The smallest absolute Gasteiger partial charge is 0.342 e. The fourth-order valence-corrected chi connectivity index (χ4v) is 3.00. The van der Waals surface area contributed by atoms with Crippen molar-refractivity contribution in [2.45, 2.75) is 33.2 Å². The van der Waals surface area contributed by atoms with Crippen LogP contribution in [-0.2, 0) is 16.0 Å². The second-order valence-corrected chi connectivity index (χ2v) is 7.49. The van der Waals surface area contributed by atoms with Crippen LogP contribution in [0.15, 0.2) is 42.5 Å². The predicted molar refractivity (Wildman–Crippen MR) is 110 cm³/mol. The van der Waals surface area contributed by atoms with Gasteiger partial charge in [0, 0.05) is 5.02 Å². The quantitative estimate of drug-likeness (QED) is 0.655. The van der Waals surface area contributed by atoms with E-state index in [2.05, 4.69) is 31.3 Å². The van der Waals surface area contributed by atoms with E-state index in [1.807, 2.05) is 19.1 Å². The number of halogens is 1. The lowest BCUT2D eigenvalue weighted by molar-refractivity contribution is -0.124. The maximum atomic E-state index is 12.2. The van der Waals surface area contributed by atoms with Gasteiger partial charge in [-0.3, -0.25) is 4.79 Å². The molecule has 0 saturated heterocycles. The van der Waals surface area contributed by atoms with E-state index >= 15 is 0 Å². The number of ether oxygens (including phenoxy) is 2. The number of rotatable bonds is 8. The molecular weight excluding hydrogens is 378 g/mol. The van der Waals surface area contributed by atoms with Crippen LogP contribution in [-0.4, -0.2) is 25.6 Å². The topological polar surface area (TPSA) is 64.6 Å². The zero-order valence-electron chi connectivity index (χ0n) is 16.6. The summed E-state index contributed by atoms with van der Waals surface area (Å²) in [6.07, 6.45) is 1.02. The van der Waals surface area contributed by atoms with Crippen LogP contribution in [0, 0.1) is 5.92 Å². The highest BCUT2D eigenvalue weighted by atomic mass is 35.5. The molecule has 2 aromatic carbocycles. The van der Waals surface area contributed by atoms with Crippen LogP contribution in [0.4, 0.5) is 0 Å². The van der Waals surface area contributed by atoms with E-state index in [9.17, 15) is 9.59 Å². The fourth-order valence-electron chi connectivity index (χ4n) is 2.83. The molecule has 28 heavy (non-hydrogen) atoms. The first kappa shape index (κ1) is 21.8. The van der Waals surface area contributed by atoms with Crippen molar-refractivity contribution in [1.82, 2.24) is 5.32 Å². The second kappa shape index (κ2) is 10.1. The van der Waals surface area contributed by atoms with E-state index < -0.39 is 5.97 Å². The Bertz CT molecular complexity index is 818. The van der Waals surface area contributed by atoms with Crippen molar-refractivity contribution < 1.29 is 19.1 Å². The molecule has 6 heteroatoms. The average molecular weight is 404 g/mol. The molecule has 0 radical (unpaired) electrons. The Hall–Kier alpha value is -2.53. The highest BCUT2D eigenvalue weighted by Crippen LogP contribution is 2.23. The van der Waals surface area contributed by atoms with E-state index in [-0.39, 0.29) is 24.1 Å². The molecule has 0 bridgehead atoms. The Morgan fingerprint density at radius 2 is 1.75 bits per heavy atom. The number of hydrogen-bond donors (Lipinski definition) is 1. The molecule has 150 valence electrons. The van der Waals surface area contributed by atoms with Gasteiger partial charge in [0.1, 0.15) is 11.3 Å². The molecule has 0 fully saturated rings. The molecule has 1 N–H and O–H groups in total. The van der Waals surface area contributed by atoms with Crippen LogP contribution >= 0.6 is 11.6 Å². The summed E-state index contributed by atoms with van der Waals surface area (Å²) in [6, 6.07) is 12.6. The van der Waals surface area contributed by atoms with Gasteiger partial charge in [-0.1, -0.05) is 49.7 Å². The lowest BCUT2D eigenvalue weighted by Crippen LogP contribution is -2.31. The van der Waals surface area contributed by atoms with Gasteiger partial charge in [0.2, 0.25) is 0 Å². The Labute approximate surface area is 171 Å². The summed E-state index contributed by atoms with van der Waals surface area (Å²) >= 11 is 5.91. The van der Waals surface area contributed by atoms with E-state index in [4.69, 9.17) is 21.1 Å². The minimum atomic E-state index is -0.666. The Morgan fingerprint density at radius 1 is 1.07 bits per heavy atom. The minimum Gasteiger partial charge on any atom is -0.496 e. The van der Waals surface area contributed by atoms with E-state index in [0.717, 1.165) is 12.0 Å². The Balaban J connectivity index is 1.89. The van der Waals surface area contributed by atoms with Gasteiger partial charge >= 0.3 is 5.97 Å². The van der Waals surface area contributed by atoms with E-state index in [1.165, 1.54) is 18.7 Å². The first-order valence-corrected chi connectivity index (χ1v) is 9.56. The summed E-state index contributed by atoms with van der Waals surface area (Å²) in [5, 5.41) is 3.21. The highest BCUT2D eigenvalue weighted by molar-refractivity contribution is 6.31. The third-order valence-corrected chi connectivity index (χ3v) is 4.45. The monoisotopic (exact) mass is 403 g/mol. The van der Waals surface area contributed by atoms with Crippen molar-refractivity contribution >= 4 is 23.5 Å². The molecule has 0 aromatic heterocycles. The predicted octanol–water partition coefficient (Wildman–Crippen LogP) is 4.58. The van der Waals surface area contributed by atoms with Crippen LogP contribution in [0.3, 0.4) is 0 Å². The molecule has 2 aromatic rings. The fraction of sp³-hybridized carbons (Fsp3) is 0.364. The third-order valence-electron chi connectivity index (χ3n) is 4.22. The van der Waals surface area contributed by atoms with Gasteiger partial charge in [0.05, 0.1) is 13.2 Å². The van der Waals surface area contributed by atoms with Gasteiger partial charge in [-0.15, -0.1) is 0 Å². The maximum absolute atomic E-state index is 12.2. The first-order chi connectivity index (χ1) is 13.3. The molecular formula is C22H26ClNO4. The van der Waals surface area contributed by atoms with Gasteiger partial charge in [-0.2, -0.15) is 0 Å². The molecule has 2 rings (SSSR count). The summed E-state index contributed by atoms with van der Waals surface area (Å²) < 4.78 is 10.2. The maximum Gasteiger partial charge on any atom is 0.342 e. The lowest BCUT2D eigenvalue weighted by atomic mass is 10.00. The number of benzene rings is 2. The molecule has 0 spiro atoms. The van der Waals surface area contributed by atoms with Crippen LogP contribution in [0.1, 0.15) is 48.3 Å². The van der Waals surface area contributed by atoms with Crippen molar-refractivity contribution in [3.8, 4) is 5.75 Å². The first-order valence-electron chi connectivity index (χ1n) is 9.19. The number of carbonyl (C=O) groups excluding carboxylic acids is 2. The van der Waals surface area contributed by atoms with Gasteiger partial charge < -0.3 is 14.8 Å². The molecule has 1 atom stereocenters. The van der Waals surface area contributed by atoms with Crippen molar-refractivity contribution in [1.29, 1.82) is 0 Å². The third kappa shape index (κ3) is 6.27. The van der Waals surface area contributed by atoms with Gasteiger partial charge in [-0.05, 0) is 48.6 Å². The van der Waals surface area contributed by atoms with Crippen LogP contribution < -0.4 is 10.1 Å². The Kier molecular flexibility index (Phi) is 7.88. The number of methoxy groups -OCH3 is 1. The van der Waals surface area contributed by atoms with Crippen LogP contribution in [0.25, 0.3) is 0 Å². The number of esters is 1. The molecule has 0 aliphatic rings.